The lowest BCUT2D eigenvalue weighted by Gasteiger charge is -2.26. The maximum absolute atomic E-state index is 13.8. The maximum Gasteiger partial charge on any atom is 0.330 e. The van der Waals surface area contributed by atoms with E-state index in [0.717, 1.165) is 6.08 Å². The molecule has 2 N–H and O–H groups in total. The predicted molar refractivity (Wildman–Crippen MR) is 121 cm³/mol. The van der Waals surface area contributed by atoms with Gasteiger partial charge in [0.2, 0.25) is 10.0 Å². The minimum atomic E-state index is -4.19. The highest BCUT2D eigenvalue weighted by molar-refractivity contribution is 7.93. The van der Waals surface area contributed by atoms with Crippen LogP contribution in [0.5, 0.6) is 11.5 Å². The molecule has 0 saturated carbocycles. The molecule has 0 aliphatic carbocycles. The van der Waals surface area contributed by atoms with Crippen LogP contribution in [0.25, 0.3) is 6.08 Å². The zero-order chi connectivity index (χ0) is 24.6. The molecule has 0 amide bonds. The van der Waals surface area contributed by atoms with Crippen molar-refractivity contribution in [3.63, 3.8) is 0 Å². The van der Waals surface area contributed by atoms with Gasteiger partial charge in [-0.1, -0.05) is 0 Å². The van der Waals surface area contributed by atoms with Gasteiger partial charge in [0.1, 0.15) is 4.90 Å². The number of anilines is 1. The van der Waals surface area contributed by atoms with Gasteiger partial charge in [0.25, 0.3) is 10.0 Å². The molecule has 0 spiro atoms. The molecule has 10 nitrogen and oxygen atoms in total. The summed E-state index contributed by atoms with van der Waals surface area (Å²) < 4.78 is 67.5. The van der Waals surface area contributed by atoms with Gasteiger partial charge < -0.3 is 14.2 Å². The highest BCUT2D eigenvalue weighted by atomic mass is 32.2. The Balaban J connectivity index is 2.18. The summed E-state index contributed by atoms with van der Waals surface area (Å²) in [7, 11) is -4.22. The summed E-state index contributed by atoms with van der Waals surface area (Å²) in [6.07, 6.45) is 2.84. The molecule has 0 fully saturated rings. The number of carbonyl (C=O) groups excluding carboxylic acids is 1. The average molecular weight is 497 g/mol. The Hall–Kier alpha value is -3.09. The number of hydrogen-bond donors (Lipinski definition) is 1. The number of hydrogen-bond acceptors (Lipinski definition) is 8. The number of carbonyl (C=O) groups is 1. The van der Waals surface area contributed by atoms with Crippen LogP contribution in [0.2, 0.25) is 0 Å². The van der Waals surface area contributed by atoms with Gasteiger partial charge in [-0.15, -0.1) is 0 Å². The Morgan fingerprint density at radius 3 is 2.36 bits per heavy atom. The Morgan fingerprint density at radius 1 is 1.09 bits per heavy atom. The topological polar surface area (TPSA) is 142 Å². The minimum absolute atomic E-state index is 0.00507. The third-order valence-corrected chi connectivity index (χ3v) is 7.99. The van der Waals surface area contributed by atoms with Crippen LogP contribution < -0.4 is 18.9 Å². The lowest BCUT2D eigenvalue weighted by atomic mass is 10.1. The summed E-state index contributed by atoms with van der Waals surface area (Å²) >= 11 is 0. The van der Waals surface area contributed by atoms with Gasteiger partial charge in [0.05, 0.1) is 31.9 Å². The summed E-state index contributed by atoms with van der Waals surface area (Å²) in [5.41, 5.74) is 1.24. The quantitative estimate of drug-likeness (QED) is 0.451. The maximum atomic E-state index is 13.8. The van der Waals surface area contributed by atoms with Gasteiger partial charge in [0.15, 0.2) is 11.5 Å². The Morgan fingerprint density at radius 2 is 1.79 bits per heavy atom. The van der Waals surface area contributed by atoms with Crippen LogP contribution >= 0.6 is 0 Å². The van der Waals surface area contributed by atoms with E-state index in [0.29, 0.717) is 23.2 Å². The van der Waals surface area contributed by atoms with E-state index in [1.807, 2.05) is 0 Å². The van der Waals surface area contributed by atoms with E-state index in [1.54, 1.807) is 6.92 Å². The molecule has 0 radical (unpaired) electrons. The molecule has 0 aromatic heterocycles. The molecule has 1 heterocycles. The normalized spacial score (nSPS) is 16.0. The first kappa shape index (κ1) is 24.6. The molecule has 2 aromatic carbocycles. The summed E-state index contributed by atoms with van der Waals surface area (Å²) in [4.78, 5) is 11.2. The van der Waals surface area contributed by atoms with Crippen molar-refractivity contribution >= 4 is 37.8 Å². The summed E-state index contributed by atoms with van der Waals surface area (Å²) in [6, 6.07) is 6.44. The van der Waals surface area contributed by atoms with Crippen LogP contribution in [0.15, 0.2) is 46.2 Å². The SMILES string of the molecule is COC(=O)/C=C/c1cc(OC)c(OC)c(S(=O)(=O)N2c3ccc(S(N)(=O)=O)cc3CC2C)c1. The lowest BCUT2D eigenvalue weighted by Crippen LogP contribution is -2.36. The molecule has 1 unspecified atom stereocenters. The molecule has 12 heteroatoms. The van der Waals surface area contributed by atoms with Crippen LogP contribution in [0.1, 0.15) is 18.1 Å². The van der Waals surface area contributed by atoms with Crippen LogP contribution in [0, 0.1) is 0 Å². The van der Waals surface area contributed by atoms with E-state index in [2.05, 4.69) is 4.74 Å². The van der Waals surface area contributed by atoms with E-state index in [4.69, 9.17) is 14.6 Å². The molecule has 178 valence electrons. The van der Waals surface area contributed by atoms with E-state index < -0.39 is 32.1 Å². The largest absolute Gasteiger partial charge is 0.493 e. The molecule has 3 rings (SSSR count). The Labute approximate surface area is 192 Å². The van der Waals surface area contributed by atoms with E-state index in [-0.39, 0.29) is 21.3 Å². The van der Waals surface area contributed by atoms with Crippen molar-refractivity contribution in [3.8, 4) is 11.5 Å². The molecule has 1 aliphatic rings. The summed E-state index contributed by atoms with van der Waals surface area (Å²) in [5.74, 6) is -0.462. The molecule has 0 saturated heterocycles. The number of rotatable bonds is 7. The molecular formula is C21H24N2O8S2. The van der Waals surface area contributed by atoms with Crippen molar-refractivity contribution in [3.05, 3.63) is 47.5 Å². The van der Waals surface area contributed by atoms with Gasteiger partial charge in [-0.25, -0.2) is 26.8 Å². The number of nitrogens with zero attached hydrogens (tertiary/aromatic N) is 1. The fraction of sp³-hybridized carbons (Fsp3) is 0.286. The second-order valence-electron chi connectivity index (χ2n) is 7.30. The van der Waals surface area contributed by atoms with Crippen molar-refractivity contribution in [2.75, 3.05) is 25.6 Å². The summed E-state index contributed by atoms with van der Waals surface area (Å²) in [5, 5.41) is 5.21. The molecular weight excluding hydrogens is 472 g/mol. The molecule has 1 atom stereocenters. The third-order valence-electron chi connectivity index (χ3n) is 5.15. The zero-order valence-electron chi connectivity index (χ0n) is 18.4. The van der Waals surface area contributed by atoms with E-state index in [1.165, 1.54) is 62.0 Å². The number of benzene rings is 2. The van der Waals surface area contributed by atoms with Crippen molar-refractivity contribution in [2.45, 2.75) is 29.2 Å². The fourth-order valence-corrected chi connectivity index (χ4v) is 6.16. The van der Waals surface area contributed by atoms with E-state index >= 15 is 0 Å². The molecule has 2 aromatic rings. The smallest absolute Gasteiger partial charge is 0.330 e. The first-order valence-electron chi connectivity index (χ1n) is 9.66. The number of nitrogens with two attached hydrogens (primary N) is 1. The van der Waals surface area contributed by atoms with Crippen LogP contribution in [0.3, 0.4) is 0 Å². The average Bonchev–Trinajstić information content (AvgIpc) is 3.11. The van der Waals surface area contributed by atoms with Crippen LogP contribution in [-0.4, -0.2) is 50.2 Å². The molecule has 0 bridgehead atoms. The van der Waals surface area contributed by atoms with Gasteiger partial charge in [0, 0.05) is 12.1 Å². The van der Waals surface area contributed by atoms with Crippen molar-refractivity contribution in [1.29, 1.82) is 0 Å². The number of esters is 1. The highest BCUT2D eigenvalue weighted by Crippen LogP contribution is 2.43. The minimum Gasteiger partial charge on any atom is -0.493 e. The van der Waals surface area contributed by atoms with Crippen molar-refractivity contribution < 1.29 is 35.8 Å². The highest BCUT2D eigenvalue weighted by Gasteiger charge is 2.39. The number of ether oxygens (including phenoxy) is 3. The number of fused-ring (bicyclic) bond motifs is 1. The van der Waals surface area contributed by atoms with Gasteiger partial charge >= 0.3 is 5.97 Å². The predicted octanol–water partition coefficient (Wildman–Crippen LogP) is 1.68. The third kappa shape index (κ3) is 4.68. The Kier molecular flexibility index (Phi) is 6.73. The van der Waals surface area contributed by atoms with Crippen molar-refractivity contribution in [2.24, 2.45) is 5.14 Å². The number of primary sulfonamides is 1. The Bertz CT molecular complexity index is 1330. The monoisotopic (exact) mass is 496 g/mol. The fourth-order valence-electron chi connectivity index (χ4n) is 3.70. The van der Waals surface area contributed by atoms with Gasteiger partial charge in [-0.2, -0.15) is 0 Å². The number of sulfonamides is 2. The summed E-state index contributed by atoms with van der Waals surface area (Å²) in [6.45, 7) is 1.71. The van der Waals surface area contributed by atoms with E-state index in [9.17, 15) is 21.6 Å². The molecule has 33 heavy (non-hydrogen) atoms. The second kappa shape index (κ2) is 9.04. The standard InChI is InChI=1S/C21H24N2O8S2/c1-13-9-15-12-16(32(22,25)26)6-7-17(15)23(13)33(27,28)19-11-14(5-8-20(24)30-3)10-18(29-2)21(19)31-4/h5-8,10-13H,9H2,1-4H3,(H2,22,25,26)/b8-5+. The van der Waals surface area contributed by atoms with Crippen molar-refractivity contribution in [1.82, 2.24) is 0 Å². The lowest BCUT2D eigenvalue weighted by molar-refractivity contribution is -0.134. The van der Waals surface area contributed by atoms with Gasteiger partial charge in [-0.05, 0) is 60.9 Å². The molecule has 1 aliphatic heterocycles. The zero-order valence-corrected chi connectivity index (χ0v) is 20.1. The second-order valence-corrected chi connectivity index (χ2v) is 10.6. The van der Waals surface area contributed by atoms with Crippen LogP contribution in [0.4, 0.5) is 5.69 Å². The number of methoxy groups -OCH3 is 3. The first-order valence-corrected chi connectivity index (χ1v) is 12.6. The first-order chi connectivity index (χ1) is 15.4. The van der Waals surface area contributed by atoms with Crippen LogP contribution in [-0.2, 0) is 36.0 Å². The van der Waals surface area contributed by atoms with Gasteiger partial charge in [-0.3, -0.25) is 4.31 Å².